The molecule has 2 spiro atoms. The molecule has 2 nitrogen and oxygen atoms in total. The fraction of sp³-hybridized carbons (Fsp3) is 0.0286. The van der Waals surface area contributed by atoms with Gasteiger partial charge in [-0.05, 0) is 300 Å². The monoisotopic (exact) mass is 1800 g/mol. The summed E-state index contributed by atoms with van der Waals surface area (Å²) < 4.78 is 0. The lowest BCUT2D eigenvalue weighted by Gasteiger charge is -2.34. The highest BCUT2D eigenvalue weighted by atomic mass is 15.2. The summed E-state index contributed by atoms with van der Waals surface area (Å²) in [5, 5.41) is 9.98. The van der Waals surface area contributed by atoms with Crippen LogP contribution >= 0.6 is 0 Å². The van der Waals surface area contributed by atoms with Gasteiger partial charge in [0.2, 0.25) is 0 Å². The molecule has 142 heavy (non-hydrogen) atoms. The zero-order valence-electron chi connectivity index (χ0n) is 77.7. The van der Waals surface area contributed by atoms with Crippen LogP contribution in [0.4, 0.5) is 34.1 Å². The Morgan fingerprint density at radius 2 is 0.415 bits per heavy atom. The largest absolute Gasteiger partial charge is 0.310 e. The van der Waals surface area contributed by atoms with Gasteiger partial charge in [0.05, 0.1) is 33.0 Å². The van der Waals surface area contributed by atoms with Crippen LogP contribution < -0.4 is 9.80 Å². The second kappa shape index (κ2) is 30.7. The predicted octanol–water partition coefficient (Wildman–Crippen LogP) is 35.7. The molecule has 6 aliphatic carbocycles. The summed E-state index contributed by atoms with van der Waals surface area (Å²) in [5.41, 5.74) is 46.4. The van der Waals surface area contributed by atoms with E-state index in [-0.39, 0.29) is 0 Å². The number of fused-ring (bicyclic) bond motifs is 32. The smallest absolute Gasteiger partial charge is 0.0726 e. The fourth-order valence-corrected chi connectivity index (χ4v) is 27.1. The van der Waals surface area contributed by atoms with Crippen molar-refractivity contribution in [1.29, 1.82) is 0 Å². The van der Waals surface area contributed by atoms with Gasteiger partial charge < -0.3 is 9.80 Å². The molecule has 658 valence electrons. The van der Waals surface area contributed by atoms with Crippen LogP contribution in [0, 0.1) is 0 Å². The van der Waals surface area contributed by atoms with Gasteiger partial charge in [0.15, 0.2) is 0 Å². The van der Waals surface area contributed by atoms with Gasteiger partial charge in [-0.1, -0.05) is 455 Å². The van der Waals surface area contributed by atoms with Gasteiger partial charge in [-0.25, -0.2) is 0 Å². The number of nitrogens with zero attached hydrogens (tertiary/aromatic N) is 2. The molecule has 2 atom stereocenters. The molecule has 24 aromatic carbocycles. The minimum absolute atomic E-state index is 0.538. The normalized spacial score (nSPS) is 15.4. The Hall–Kier alpha value is -18.1. The number of benzene rings is 24. The molecule has 0 saturated carbocycles. The zero-order chi connectivity index (χ0) is 93.1. The fourth-order valence-electron chi connectivity index (χ4n) is 27.1. The topological polar surface area (TPSA) is 6.48 Å². The van der Waals surface area contributed by atoms with Gasteiger partial charge in [0, 0.05) is 33.9 Å². The van der Waals surface area contributed by atoms with Crippen molar-refractivity contribution in [1.82, 2.24) is 0 Å². The van der Waals surface area contributed by atoms with Crippen LogP contribution in [-0.4, -0.2) is 0 Å². The van der Waals surface area contributed by atoms with Gasteiger partial charge in [0.1, 0.15) is 0 Å². The SMILES string of the molecule is c1ccc(C2(c3ccc(-c4ccc5c(c4)-c4ccccc4C54c5ccccc5-c5c(N(c6ccc(-c7cc8ccccc8c8ccccc78)cc6)c6ccc7c(c6)-c6ccccc6C7(c6ccccc6)c6ccccc6)cccc54)cc3)c3ccccc3-c3cc(N(c4ccc(-c5ccc6ccc7ccccc7c6c5)cc4)c4cccc5c4-c4ccccc4C54c5ccccc5-c5ccccc54)ccc32)cc1. The Balaban J connectivity index is 0.560. The van der Waals surface area contributed by atoms with Crippen molar-refractivity contribution in [3.63, 3.8) is 0 Å². The standard InChI is InChI=1S/C140H88N2/c1-4-34-97(35-5-1)137(98-36-6-2-7-37-98)121-51-23-18-47-112(121)119-87-104(79-82-128(119)137)142(102-77-70-93(71-78-102)117-86-96-33-11-13-41-106(96)107-42-14-15-43-108(107)117)134-61-31-59-132-136(134)115-50-22-29-57-127(115)140(132)125-55-27-20-46-111(125)118-85-95(72-81-130(118)140)89-66-73-100(74-67-89)138(99-38-8-3-9-39-99)122-52-24-19-48-113(122)120-88-103(80-83-129(120)138)141(101-75-68-90(69-76-101)94-65-64-92-63-62-91-32-10-12-40-105(91)116(92)84-94)133-60-30-58-131-135(133)114-49-21-28-56-126(114)139(131)123-53-25-16-44-109(123)110-45-17-26-54-124(110)139/h1-88H. The summed E-state index contributed by atoms with van der Waals surface area (Å²) in [6, 6.07) is 204. The molecule has 0 bridgehead atoms. The lowest BCUT2D eigenvalue weighted by atomic mass is 9.67. The van der Waals surface area contributed by atoms with Crippen LogP contribution in [0.1, 0.15) is 89.0 Å². The molecule has 0 aliphatic heterocycles. The van der Waals surface area contributed by atoms with Crippen LogP contribution in [0.3, 0.4) is 0 Å². The Morgan fingerprint density at radius 3 is 0.887 bits per heavy atom. The van der Waals surface area contributed by atoms with Crippen molar-refractivity contribution in [3.8, 4) is 100 Å². The minimum Gasteiger partial charge on any atom is -0.310 e. The average Bonchev–Trinajstić information content (AvgIpc) is 1.45. The highest BCUT2D eigenvalue weighted by Crippen LogP contribution is 2.69. The molecule has 0 aromatic heterocycles. The first-order chi connectivity index (χ1) is 70.4. The number of rotatable bonds is 13. The maximum absolute atomic E-state index is 2.57. The van der Waals surface area contributed by atoms with Crippen molar-refractivity contribution in [2.45, 2.75) is 21.7 Å². The molecule has 0 heterocycles. The zero-order valence-corrected chi connectivity index (χ0v) is 77.7. The highest BCUT2D eigenvalue weighted by Gasteiger charge is 2.56. The maximum Gasteiger partial charge on any atom is 0.0726 e. The number of hydrogen-bond donors (Lipinski definition) is 0. The molecular formula is C140H88N2. The summed E-state index contributed by atoms with van der Waals surface area (Å²) in [6.07, 6.45) is 0. The first-order valence-electron chi connectivity index (χ1n) is 49.7. The van der Waals surface area contributed by atoms with Gasteiger partial charge in [-0.3, -0.25) is 0 Å². The van der Waals surface area contributed by atoms with E-state index in [4.69, 9.17) is 0 Å². The van der Waals surface area contributed by atoms with E-state index < -0.39 is 21.7 Å². The lowest BCUT2D eigenvalue weighted by molar-refractivity contribution is 0.768. The third-order valence-electron chi connectivity index (χ3n) is 32.8. The van der Waals surface area contributed by atoms with Crippen LogP contribution in [0.25, 0.3) is 143 Å². The number of anilines is 6. The third kappa shape index (κ3) is 11.0. The van der Waals surface area contributed by atoms with Gasteiger partial charge in [0.25, 0.3) is 0 Å². The number of hydrogen-bond acceptors (Lipinski definition) is 2. The molecular weight excluding hydrogens is 1710 g/mol. The van der Waals surface area contributed by atoms with Gasteiger partial charge in [-0.2, -0.15) is 0 Å². The van der Waals surface area contributed by atoms with Crippen molar-refractivity contribution in [2.24, 2.45) is 0 Å². The molecule has 6 aliphatic rings. The van der Waals surface area contributed by atoms with E-state index in [0.717, 1.165) is 50.8 Å². The van der Waals surface area contributed by atoms with E-state index in [1.54, 1.807) is 0 Å². The molecule has 0 amide bonds. The summed E-state index contributed by atoms with van der Waals surface area (Å²) in [7, 11) is 0. The van der Waals surface area contributed by atoms with Gasteiger partial charge >= 0.3 is 0 Å². The van der Waals surface area contributed by atoms with E-state index in [9.17, 15) is 0 Å². The van der Waals surface area contributed by atoms with Crippen LogP contribution in [0.15, 0.2) is 534 Å². The summed E-state index contributed by atoms with van der Waals surface area (Å²) in [4.78, 5) is 5.14. The van der Waals surface area contributed by atoms with E-state index in [2.05, 4.69) is 544 Å². The second-order valence-electron chi connectivity index (χ2n) is 39.3. The summed E-state index contributed by atoms with van der Waals surface area (Å²) in [5.74, 6) is 0. The van der Waals surface area contributed by atoms with E-state index in [0.29, 0.717) is 0 Å². The van der Waals surface area contributed by atoms with Crippen molar-refractivity contribution < 1.29 is 0 Å². The predicted molar refractivity (Wildman–Crippen MR) is 589 cm³/mol. The molecule has 0 fully saturated rings. The Kier molecular flexibility index (Phi) is 17.3. The first kappa shape index (κ1) is 80.1. The lowest BCUT2D eigenvalue weighted by Crippen LogP contribution is -2.28. The van der Waals surface area contributed by atoms with E-state index in [1.807, 2.05) is 0 Å². The van der Waals surface area contributed by atoms with Crippen molar-refractivity contribution in [3.05, 3.63) is 623 Å². The summed E-state index contributed by atoms with van der Waals surface area (Å²) in [6.45, 7) is 0. The van der Waals surface area contributed by atoms with E-state index in [1.165, 1.54) is 216 Å². The quantitative estimate of drug-likeness (QED) is 0.106. The van der Waals surface area contributed by atoms with Crippen molar-refractivity contribution >= 4 is 77.2 Å². The van der Waals surface area contributed by atoms with Gasteiger partial charge in [-0.15, -0.1) is 0 Å². The molecule has 0 radical (unpaired) electrons. The molecule has 2 unspecified atom stereocenters. The van der Waals surface area contributed by atoms with Crippen LogP contribution in [-0.2, 0) is 21.7 Å². The minimum atomic E-state index is -0.704. The highest BCUT2D eigenvalue weighted by molar-refractivity contribution is 6.15. The maximum atomic E-state index is 2.57. The molecule has 30 rings (SSSR count). The van der Waals surface area contributed by atoms with Crippen molar-refractivity contribution in [2.75, 3.05) is 9.80 Å². The average molecular weight is 1800 g/mol. The second-order valence-corrected chi connectivity index (χ2v) is 39.3. The Morgan fingerprint density at radius 1 is 0.127 bits per heavy atom. The van der Waals surface area contributed by atoms with Crippen LogP contribution in [0.5, 0.6) is 0 Å². The Bertz CT molecular complexity index is 9330. The first-order valence-corrected chi connectivity index (χ1v) is 49.7. The Labute approximate surface area is 825 Å². The molecule has 0 N–H and O–H groups in total. The molecule has 24 aromatic rings. The molecule has 0 saturated heterocycles. The van der Waals surface area contributed by atoms with E-state index >= 15 is 0 Å². The third-order valence-corrected chi connectivity index (χ3v) is 32.8. The molecule has 2 heteroatoms. The van der Waals surface area contributed by atoms with Crippen LogP contribution in [0.2, 0.25) is 0 Å². The summed E-state index contributed by atoms with van der Waals surface area (Å²) >= 11 is 0.